The first-order chi connectivity index (χ1) is 6.83. The lowest BCUT2D eigenvalue weighted by Gasteiger charge is -2.25. The molecule has 3 heteroatoms. The second kappa shape index (κ2) is 7.21. The van der Waals surface area contributed by atoms with Crippen LogP contribution in [0.1, 0.15) is 51.4 Å². The minimum atomic E-state index is -0.315. The van der Waals surface area contributed by atoms with Gasteiger partial charge in [-0.2, -0.15) is 0 Å². The Morgan fingerprint density at radius 2 is 1.93 bits per heavy atom. The third-order valence-corrected chi connectivity index (χ3v) is 2.96. The van der Waals surface area contributed by atoms with Crippen molar-refractivity contribution in [2.45, 2.75) is 63.6 Å². The zero-order valence-electron chi connectivity index (χ0n) is 9.04. The van der Waals surface area contributed by atoms with Gasteiger partial charge in [-0.15, -0.1) is 0 Å². The van der Waals surface area contributed by atoms with E-state index in [0.717, 1.165) is 25.8 Å². The zero-order valence-corrected chi connectivity index (χ0v) is 9.04. The maximum atomic E-state index is 9.68. The average molecular weight is 200 g/mol. The molecule has 3 nitrogen and oxygen atoms in total. The summed E-state index contributed by atoms with van der Waals surface area (Å²) < 4.78 is 0. The SMILES string of the molecule is NCCCC[C@H](O)NC1CCCCC1. The van der Waals surface area contributed by atoms with Crippen molar-refractivity contribution >= 4 is 0 Å². The number of unbranched alkanes of at least 4 members (excludes halogenated alkanes) is 1. The van der Waals surface area contributed by atoms with Crippen molar-refractivity contribution in [3.8, 4) is 0 Å². The molecule has 84 valence electrons. The maximum Gasteiger partial charge on any atom is 0.105 e. The molecule has 1 fully saturated rings. The monoisotopic (exact) mass is 200 g/mol. The molecule has 14 heavy (non-hydrogen) atoms. The maximum absolute atomic E-state index is 9.68. The summed E-state index contributed by atoms with van der Waals surface area (Å²) >= 11 is 0. The second-order valence-electron chi connectivity index (χ2n) is 4.30. The fraction of sp³-hybridized carbons (Fsp3) is 1.00. The normalized spacial score (nSPS) is 21.0. The first-order valence-electron chi connectivity index (χ1n) is 5.97. The molecule has 1 aliphatic rings. The van der Waals surface area contributed by atoms with Crippen molar-refractivity contribution in [2.75, 3.05) is 6.54 Å². The molecule has 0 bridgehead atoms. The van der Waals surface area contributed by atoms with E-state index in [9.17, 15) is 5.11 Å². The number of rotatable bonds is 6. The number of nitrogens with one attached hydrogen (secondary N) is 1. The molecule has 0 aliphatic heterocycles. The average Bonchev–Trinajstić information content (AvgIpc) is 2.20. The van der Waals surface area contributed by atoms with Gasteiger partial charge in [0, 0.05) is 6.04 Å². The lowest BCUT2D eigenvalue weighted by Crippen LogP contribution is -2.39. The van der Waals surface area contributed by atoms with Crippen LogP contribution in [0, 0.1) is 0 Å². The highest BCUT2D eigenvalue weighted by Crippen LogP contribution is 2.18. The van der Waals surface area contributed by atoms with Crippen molar-refractivity contribution in [2.24, 2.45) is 5.73 Å². The summed E-state index contributed by atoms with van der Waals surface area (Å²) in [6.45, 7) is 0.732. The number of aliphatic hydroxyl groups excluding tert-OH is 1. The van der Waals surface area contributed by atoms with Gasteiger partial charge in [-0.25, -0.2) is 0 Å². The zero-order chi connectivity index (χ0) is 10.2. The Kier molecular flexibility index (Phi) is 6.15. The molecule has 4 N–H and O–H groups in total. The van der Waals surface area contributed by atoms with Gasteiger partial charge in [0.05, 0.1) is 0 Å². The van der Waals surface area contributed by atoms with E-state index in [-0.39, 0.29) is 6.23 Å². The summed E-state index contributed by atoms with van der Waals surface area (Å²) in [5.41, 5.74) is 5.40. The Morgan fingerprint density at radius 1 is 1.21 bits per heavy atom. The molecule has 1 saturated carbocycles. The minimum absolute atomic E-state index is 0.315. The van der Waals surface area contributed by atoms with Gasteiger partial charge < -0.3 is 10.8 Å². The minimum Gasteiger partial charge on any atom is -0.379 e. The first kappa shape index (κ1) is 12.0. The number of nitrogens with two attached hydrogens (primary N) is 1. The molecule has 0 aromatic heterocycles. The van der Waals surface area contributed by atoms with Crippen LogP contribution in [0.5, 0.6) is 0 Å². The van der Waals surface area contributed by atoms with Crippen molar-refractivity contribution in [3.05, 3.63) is 0 Å². The van der Waals surface area contributed by atoms with E-state index in [1.54, 1.807) is 0 Å². The molecule has 1 aliphatic carbocycles. The highest BCUT2D eigenvalue weighted by atomic mass is 16.3. The topological polar surface area (TPSA) is 58.3 Å². The van der Waals surface area contributed by atoms with Crippen molar-refractivity contribution in [3.63, 3.8) is 0 Å². The Balaban J connectivity index is 2.03. The van der Waals surface area contributed by atoms with E-state index < -0.39 is 0 Å². The van der Waals surface area contributed by atoms with Gasteiger partial charge in [-0.1, -0.05) is 19.3 Å². The lowest BCUT2D eigenvalue weighted by atomic mass is 9.95. The Hall–Kier alpha value is -0.120. The van der Waals surface area contributed by atoms with Crippen LogP contribution in [-0.4, -0.2) is 23.9 Å². The van der Waals surface area contributed by atoms with Crippen molar-refractivity contribution in [1.82, 2.24) is 5.32 Å². The van der Waals surface area contributed by atoms with Gasteiger partial charge in [0.15, 0.2) is 0 Å². The van der Waals surface area contributed by atoms with E-state index in [0.29, 0.717) is 6.04 Å². The fourth-order valence-corrected chi connectivity index (χ4v) is 2.11. The molecule has 0 spiro atoms. The molecular weight excluding hydrogens is 176 g/mol. The number of aliphatic hydroxyl groups is 1. The Bertz CT molecular complexity index is 135. The van der Waals surface area contributed by atoms with Gasteiger partial charge in [0.1, 0.15) is 6.23 Å². The van der Waals surface area contributed by atoms with E-state index in [1.165, 1.54) is 32.1 Å². The largest absolute Gasteiger partial charge is 0.379 e. The number of hydrogen-bond donors (Lipinski definition) is 3. The van der Waals surface area contributed by atoms with Crippen LogP contribution in [0.4, 0.5) is 0 Å². The standard InChI is InChI=1S/C11H24N2O/c12-9-5-4-8-11(14)13-10-6-2-1-3-7-10/h10-11,13-14H,1-9,12H2/t11-/m0/s1. The Labute approximate surface area is 87.1 Å². The summed E-state index contributed by atoms with van der Waals surface area (Å²) in [6, 6.07) is 0.552. The van der Waals surface area contributed by atoms with Gasteiger partial charge in [0.25, 0.3) is 0 Å². The molecule has 0 unspecified atom stereocenters. The molecule has 0 aromatic carbocycles. The molecule has 0 saturated heterocycles. The molecule has 0 heterocycles. The van der Waals surface area contributed by atoms with Crippen LogP contribution < -0.4 is 11.1 Å². The van der Waals surface area contributed by atoms with Crippen LogP contribution in [-0.2, 0) is 0 Å². The molecular formula is C11H24N2O. The highest BCUT2D eigenvalue weighted by molar-refractivity contribution is 4.73. The lowest BCUT2D eigenvalue weighted by molar-refractivity contribution is 0.102. The molecule has 1 atom stereocenters. The predicted octanol–water partition coefficient (Wildman–Crippen LogP) is 1.36. The van der Waals surface area contributed by atoms with E-state index >= 15 is 0 Å². The van der Waals surface area contributed by atoms with Crippen LogP contribution in [0.15, 0.2) is 0 Å². The predicted molar refractivity (Wildman–Crippen MR) is 58.9 cm³/mol. The van der Waals surface area contributed by atoms with E-state index in [1.807, 2.05) is 0 Å². The second-order valence-corrected chi connectivity index (χ2v) is 4.30. The van der Waals surface area contributed by atoms with Gasteiger partial charge in [-0.3, -0.25) is 5.32 Å². The van der Waals surface area contributed by atoms with E-state index in [4.69, 9.17) is 5.73 Å². The van der Waals surface area contributed by atoms with Gasteiger partial charge >= 0.3 is 0 Å². The van der Waals surface area contributed by atoms with Gasteiger partial charge in [0.2, 0.25) is 0 Å². The summed E-state index contributed by atoms with van der Waals surface area (Å²) in [5, 5.41) is 13.0. The smallest absolute Gasteiger partial charge is 0.105 e. The summed E-state index contributed by atoms with van der Waals surface area (Å²) in [5.74, 6) is 0. The van der Waals surface area contributed by atoms with Crippen LogP contribution in [0.3, 0.4) is 0 Å². The van der Waals surface area contributed by atoms with Gasteiger partial charge in [-0.05, 0) is 38.6 Å². The highest BCUT2D eigenvalue weighted by Gasteiger charge is 2.15. The Morgan fingerprint density at radius 3 is 2.57 bits per heavy atom. The molecule has 0 aromatic rings. The molecule has 1 rings (SSSR count). The summed E-state index contributed by atoms with van der Waals surface area (Å²) in [7, 11) is 0. The first-order valence-corrected chi connectivity index (χ1v) is 5.97. The van der Waals surface area contributed by atoms with Crippen molar-refractivity contribution < 1.29 is 5.11 Å². The number of hydrogen-bond acceptors (Lipinski definition) is 3. The molecule has 0 radical (unpaired) electrons. The summed E-state index contributed by atoms with van der Waals surface area (Å²) in [6.07, 6.45) is 9.02. The third kappa shape index (κ3) is 4.94. The summed E-state index contributed by atoms with van der Waals surface area (Å²) in [4.78, 5) is 0. The third-order valence-electron chi connectivity index (χ3n) is 2.96. The quantitative estimate of drug-likeness (QED) is 0.448. The molecule has 0 amide bonds. The van der Waals surface area contributed by atoms with Crippen molar-refractivity contribution in [1.29, 1.82) is 0 Å². The van der Waals surface area contributed by atoms with E-state index in [2.05, 4.69) is 5.32 Å². The van der Waals surface area contributed by atoms with Crippen LogP contribution in [0.2, 0.25) is 0 Å². The van der Waals surface area contributed by atoms with Crippen LogP contribution >= 0.6 is 0 Å². The fourth-order valence-electron chi connectivity index (χ4n) is 2.11. The van der Waals surface area contributed by atoms with Crippen LogP contribution in [0.25, 0.3) is 0 Å².